The van der Waals surface area contributed by atoms with Crippen LogP contribution < -0.4 is 0 Å². The van der Waals surface area contributed by atoms with Crippen LogP contribution in [0, 0.1) is 0 Å². The molecule has 13 aromatic rings. The van der Waals surface area contributed by atoms with E-state index in [-0.39, 0.29) is 0 Å². The maximum Gasteiger partial charge on any atom is 0.136 e. The molecular weight excluding hydrogens is 721 g/mol. The molecule has 0 atom stereocenters. The lowest BCUT2D eigenvalue weighted by Gasteiger charge is -2.18. The van der Waals surface area contributed by atoms with Gasteiger partial charge in [-0.1, -0.05) is 146 Å². The van der Waals surface area contributed by atoms with Crippen molar-refractivity contribution in [3.63, 3.8) is 0 Å². The van der Waals surface area contributed by atoms with Crippen LogP contribution >= 0.6 is 11.3 Å². The number of fused-ring (bicyclic) bond motifs is 11. The van der Waals surface area contributed by atoms with E-state index in [1.807, 2.05) is 11.3 Å². The Morgan fingerprint density at radius 2 is 0.845 bits per heavy atom. The molecule has 2 heterocycles. The van der Waals surface area contributed by atoms with Crippen LogP contribution in [0.15, 0.2) is 199 Å². The highest BCUT2D eigenvalue weighted by Gasteiger charge is 2.19. The molecule has 0 saturated heterocycles. The van der Waals surface area contributed by atoms with Crippen molar-refractivity contribution in [1.82, 2.24) is 0 Å². The molecule has 0 saturated carbocycles. The second kappa shape index (κ2) is 12.1. The monoisotopic (exact) mass is 752 g/mol. The van der Waals surface area contributed by atoms with Gasteiger partial charge in [-0.3, -0.25) is 0 Å². The molecule has 13 rings (SSSR count). The summed E-state index contributed by atoms with van der Waals surface area (Å²) < 4.78 is 9.30. The molecule has 0 aliphatic carbocycles. The van der Waals surface area contributed by atoms with Crippen LogP contribution in [-0.2, 0) is 0 Å². The predicted octanol–water partition coefficient (Wildman–Crippen LogP) is 16.7. The summed E-state index contributed by atoms with van der Waals surface area (Å²) in [5.74, 6) is 0. The number of hydrogen-bond donors (Lipinski definition) is 0. The van der Waals surface area contributed by atoms with E-state index in [1.54, 1.807) is 0 Å². The average molecular weight is 753 g/mol. The van der Waals surface area contributed by atoms with Crippen LogP contribution in [0.3, 0.4) is 0 Å². The lowest BCUT2D eigenvalue weighted by Crippen LogP contribution is -1.91. The van der Waals surface area contributed by atoms with Gasteiger partial charge in [0.2, 0.25) is 0 Å². The Bertz CT molecular complexity index is 3800. The molecule has 0 fully saturated rings. The fourth-order valence-electron chi connectivity index (χ4n) is 9.76. The topological polar surface area (TPSA) is 13.1 Å². The Balaban J connectivity index is 0.972. The molecule has 58 heavy (non-hydrogen) atoms. The SMILES string of the molecule is c1ccc2cc3c(cc2c1)sc1cc2c(-c4ccc5c(c4)oc4ccc(-c6c7ccccc7c(-c7cccc8ccccc78)c7ccccc67)cc45)cccc2cc13. The van der Waals surface area contributed by atoms with E-state index in [0.717, 1.165) is 27.5 Å². The quantitative estimate of drug-likeness (QED) is 0.164. The molecule has 0 N–H and O–H groups in total. The number of furan rings is 1. The molecule has 0 spiro atoms. The fourth-order valence-corrected chi connectivity index (χ4v) is 10.9. The molecule has 2 aromatic heterocycles. The first-order chi connectivity index (χ1) is 28.7. The van der Waals surface area contributed by atoms with E-state index in [1.165, 1.54) is 102 Å². The Labute approximate surface area is 337 Å². The second-order valence-electron chi connectivity index (χ2n) is 15.6. The molecule has 0 aliphatic heterocycles. The Morgan fingerprint density at radius 3 is 1.60 bits per heavy atom. The molecule has 268 valence electrons. The smallest absolute Gasteiger partial charge is 0.136 e. The number of thiophene rings is 1. The molecule has 0 radical (unpaired) electrons. The lowest BCUT2D eigenvalue weighted by atomic mass is 9.84. The minimum Gasteiger partial charge on any atom is -0.456 e. The van der Waals surface area contributed by atoms with Crippen molar-refractivity contribution in [1.29, 1.82) is 0 Å². The van der Waals surface area contributed by atoms with Crippen molar-refractivity contribution < 1.29 is 4.42 Å². The predicted molar refractivity (Wildman–Crippen MR) is 250 cm³/mol. The van der Waals surface area contributed by atoms with Crippen LogP contribution in [-0.4, -0.2) is 0 Å². The minimum atomic E-state index is 0.897. The third kappa shape index (κ3) is 4.64. The van der Waals surface area contributed by atoms with Crippen LogP contribution in [0.4, 0.5) is 0 Å². The highest BCUT2D eigenvalue weighted by Crippen LogP contribution is 2.47. The van der Waals surface area contributed by atoms with Crippen molar-refractivity contribution >= 4 is 107 Å². The van der Waals surface area contributed by atoms with Crippen molar-refractivity contribution in [2.24, 2.45) is 0 Å². The highest BCUT2D eigenvalue weighted by molar-refractivity contribution is 7.26. The van der Waals surface area contributed by atoms with E-state index in [2.05, 4.69) is 194 Å². The van der Waals surface area contributed by atoms with Gasteiger partial charge in [-0.2, -0.15) is 0 Å². The van der Waals surface area contributed by atoms with Gasteiger partial charge in [-0.15, -0.1) is 11.3 Å². The number of rotatable bonds is 3. The molecule has 1 nitrogen and oxygen atoms in total. The maximum atomic E-state index is 6.66. The third-order valence-electron chi connectivity index (χ3n) is 12.4. The van der Waals surface area contributed by atoms with E-state index in [9.17, 15) is 0 Å². The Kier molecular flexibility index (Phi) is 6.66. The molecule has 11 aromatic carbocycles. The first kappa shape index (κ1) is 31.9. The summed E-state index contributed by atoms with van der Waals surface area (Å²) in [5, 5.41) is 17.5. The van der Waals surface area contributed by atoms with Crippen molar-refractivity contribution in [2.75, 3.05) is 0 Å². The fraction of sp³-hybridized carbons (Fsp3) is 0. The number of hydrogen-bond acceptors (Lipinski definition) is 2. The van der Waals surface area contributed by atoms with Crippen molar-refractivity contribution in [3.8, 4) is 33.4 Å². The molecular formula is C56H32OS. The molecule has 0 bridgehead atoms. The summed E-state index contributed by atoms with van der Waals surface area (Å²) in [5.41, 5.74) is 9.15. The zero-order valence-corrected chi connectivity index (χ0v) is 32.1. The Morgan fingerprint density at radius 1 is 0.276 bits per heavy atom. The zero-order valence-electron chi connectivity index (χ0n) is 31.3. The van der Waals surface area contributed by atoms with Gasteiger partial charge in [-0.05, 0) is 136 Å². The first-order valence-corrected chi connectivity index (χ1v) is 20.7. The maximum absolute atomic E-state index is 6.66. The van der Waals surface area contributed by atoms with Gasteiger partial charge < -0.3 is 4.42 Å². The van der Waals surface area contributed by atoms with Crippen molar-refractivity contribution in [3.05, 3.63) is 194 Å². The standard InChI is InChI=1S/C56H32OS/c1-2-13-35-31-53-49(27-34(35)12-1)50-28-36-15-10-21-40(47(36)32-54(50)58-53)37-23-25-41-48-29-38(24-26-51(48)57-52(41)30-37)55-43-17-5-7-19-45(43)56(46-20-8-6-18-44(46)55)42-22-9-14-33-11-3-4-16-39(33)42/h1-32H. The van der Waals surface area contributed by atoms with Crippen LogP contribution in [0.5, 0.6) is 0 Å². The molecule has 0 unspecified atom stereocenters. The van der Waals surface area contributed by atoms with Gasteiger partial charge in [-0.25, -0.2) is 0 Å². The van der Waals surface area contributed by atoms with Gasteiger partial charge in [0.1, 0.15) is 11.2 Å². The highest BCUT2D eigenvalue weighted by atomic mass is 32.1. The van der Waals surface area contributed by atoms with Gasteiger partial charge in [0.25, 0.3) is 0 Å². The lowest BCUT2D eigenvalue weighted by molar-refractivity contribution is 0.669. The van der Waals surface area contributed by atoms with Gasteiger partial charge in [0, 0.05) is 30.9 Å². The average Bonchev–Trinajstić information content (AvgIpc) is 3.82. The summed E-state index contributed by atoms with van der Waals surface area (Å²) in [6, 6.07) is 71.5. The van der Waals surface area contributed by atoms with E-state index in [0.29, 0.717) is 0 Å². The first-order valence-electron chi connectivity index (χ1n) is 19.9. The van der Waals surface area contributed by atoms with E-state index >= 15 is 0 Å². The molecule has 2 heteroatoms. The summed E-state index contributed by atoms with van der Waals surface area (Å²) in [6.07, 6.45) is 0. The summed E-state index contributed by atoms with van der Waals surface area (Å²) >= 11 is 1.88. The minimum absolute atomic E-state index is 0.897. The van der Waals surface area contributed by atoms with Gasteiger partial charge in [0.15, 0.2) is 0 Å². The van der Waals surface area contributed by atoms with Gasteiger partial charge in [0.05, 0.1) is 0 Å². The molecule has 0 amide bonds. The van der Waals surface area contributed by atoms with Crippen LogP contribution in [0.1, 0.15) is 0 Å². The van der Waals surface area contributed by atoms with Crippen molar-refractivity contribution in [2.45, 2.75) is 0 Å². The summed E-state index contributed by atoms with van der Waals surface area (Å²) in [6.45, 7) is 0. The van der Waals surface area contributed by atoms with E-state index < -0.39 is 0 Å². The molecule has 0 aliphatic rings. The Hall–Kier alpha value is -7.26. The summed E-state index contributed by atoms with van der Waals surface area (Å²) in [7, 11) is 0. The third-order valence-corrected chi connectivity index (χ3v) is 13.5. The largest absolute Gasteiger partial charge is 0.456 e. The zero-order chi connectivity index (χ0) is 37.9. The number of benzene rings is 11. The van der Waals surface area contributed by atoms with E-state index in [4.69, 9.17) is 4.42 Å². The van der Waals surface area contributed by atoms with Crippen LogP contribution in [0.25, 0.3) is 129 Å². The second-order valence-corrected chi connectivity index (χ2v) is 16.6. The normalized spacial score (nSPS) is 12.1. The van der Waals surface area contributed by atoms with Gasteiger partial charge >= 0.3 is 0 Å². The van der Waals surface area contributed by atoms with Crippen LogP contribution in [0.2, 0.25) is 0 Å². The summed E-state index contributed by atoms with van der Waals surface area (Å²) in [4.78, 5) is 0.